The average Bonchev–Trinajstić information content (AvgIpc) is 3.09. The first-order valence-electron chi connectivity index (χ1n) is 18.2. The number of benzene rings is 2. The van der Waals surface area contributed by atoms with Gasteiger partial charge in [-0.15, -0.1) is 0 Å². The van der Waals surface area contributed by atoms with E-state index >= 15 is 0 Å². The third-order valence-corrected chi connectivity index (χ3v) is 9.06. The minimum Gasteiger partial charge on any atom is -0.506 e. The Labute approximate surface area is 315 Å². The molecule has 0 saturated heterocycles. The van der Waals surface area contributed by atoms with E-state index in [-0.39, 0.29) is 78.8 Å². The Morgan fingerprint density at radius 2 is 1.17 bits per heavy atom. The third kappa shape index (κ3) is 8.01. The number of hydrogen-bond donors (Lipinski definition) is 2. The van der Waals surface area contributed by atoms with Gasteiger partial charge >= 0.3 is 11.3 Å². The monoisotopic (exact) mass is 744 g/mol. The number of carbonyl (C=O) groups excluding carboxylic acids is 2. The Balaban J connectivity index is 0.000000238. The molecular formula is C43H52O11. The summed E-state index contributed by atoms with van der Waals surface area (Å²) in [5.41, 5.74) is 1.05. The number of hydrogen-bond acceptors (Lipinski definition) is 11. The molecule has 0 radical (unpaired) electrons. The maximum atomic E-state index is 12.8. The van der Waals surface area contributed by atoms with Crippen molar-refractivity contribution in [1.29, 1.82) is 0 Å². The Morgan fingerprint density at radius 1 is 0.722 bits per heavy atom. The molecule has 0 aliphatic carbocycles. The molecule has 0 amide bonds. The van der Waals surface area contributed by atoms with Crippen molar-refractivity contribution in [2.75, 3.05) is 13.2 Å². The van der Waals surface area contributed by atoms with Crippen molar-refractivity contribution in [1.82, 2.24) is 0 Å². The van der Waals surface area contributed by atoms with E-state index in [1.807, 2.05) is 59.8 Å². The van der Waals surface area contributed by atoms with Gasteiger partial charge in [0.25, 0.3) is 0 Å². The number of carbonyl (C=O) groups is 2. The number of fused-ring (bicyclic) bond motifs is 6. The highest BCUT2D eigenvalue weighted by atomic mass is 16.5. The number of aliphatic hydroxyl groups excluding tert-OH is 1. The molecule has 0 saturated carbocycles. The highest BCUT2D eigenvalue weighted by Gasteiger charge is 2.34. The minimum absolute atomic E-state index is 0. The molecule has 4 aromatic rings. The van der Waals surface area contributed by atoms with Gasteiger partial charge in [-0.1, -0.05) is 48.0 Å². The van der Waals surface area contributed by atoms with Gasteiger partial charge in [0.1, 0.15) is 51.9 Å². The Bertz CT molecular complexity index is 2260. The quantitative estimate of drug-likeness (QED) is 0.112. The van der Waals surface area contributed by atoms with E-state index in [1.165, 1.54) is 12.1 Å². The number of phenols is 1. The number of Topliss-reactive ketones (excluding diaryl/α,β-unsaturated/α-hetero) is 2. The lowest BCUT2D eigenvalue weighted by Crippen LogP contribution is -2.28. The van der Waals surface area contributed by atoms with Gasteiger partial charge in [0.05, 0.1) is 28.5 Å². The zero-order valence-corrected chi connectivity index (χ0v) is 31.7. The van der Waals surface area contributed by atoms with Gasteiger partial charge in [0.2, 0.25) is 0 Å². The van der Waals surface area contributed by atoms with Crippen molar-refractivity contribution in [2.24, 2.45) is 0 Å². The fourth-order valence-electron chi connectivity index (χ4n) is 6.67. The molecule has 0 atom stereocenters. The van der Waals surface area contributed by atoms with Crippen LogP contribution in [0.4, 0.5) is 0 Å². The van der Waals surface area contributed by atoms with Crippen molar-refractivity contribution in [3.8, 4) is 23.0 Å². The van der Waals surface area contributed by atoms with E-state index in [0.29, 0.717) is 46.2 Å². The average molecular weight is 745 g/mol. The summed E-state index contributed by atoms with van der Waals surface area (Å²) in [7, 11) is 0. The van der Waals surface area contributed by atoms with Gasteiger partial charge in [-0.05, 0) is 76.0 Å². The number of ether oxygens (including phenoxy) is 3. The van der Waals surface area contributed by atoms with Crippen LogP contribution in [-0.4, -0.2) is 46.2 Å². The number of aryl methyl sites for hydroxylation is 2. The van der Waals surface area contributed by atoms with Gasteiger partial charge < -0.3 is 33.3 Å². The summed E-state index contributed by atoms with van der Waals surface area (Å²) < 4.78 is 29.0. The number of aliphatic hydroxyl groups is 1. The summed E-state index contributed by atoms with van der Waals surface area (Å²) >= 11 is 0. The molecule has 54 heavy (non-hydrogen) atoms. The molecule has 2 aliphatic heterocycles. The number of ketones is 2. The molecule has 4 heterocycles. The highest BCUT2D eigenvalue weighted by molar-refractivity contribution is 6.13. The smallest absolute Gasteiger partial charge is 0.336 e. The van der Waals surface area contributed by atoms with Crippen LogP contribution < -0.4 is 25.5 Å². The predicted molar refractivity (Wildman–Crippen MR) is 211 cm³/mol. The summed E-state index contributed by atoms with van der Waals surface area (Å²) in [5, 5.41) is 21.2. The van der Waals surface area contributed by atoms with Crippen LogP contribution in [-0.2, 0) is 12.8 Å². The first-order valence-corrected chi connectivity index (χ1v) is 18.2. The van der Waals surface area contributed by atoms with Crippen LogP contribution in [0.2, 0.25) is 0 Å². The number of phenolic OH excluding ortho intramolecular Hbond substituents is 1. The van der Waals surface area contributed by atoms with Crippen molar-refractivity contribution >= 4 is 45.7 Å². The molecule has 0 fully saturated rings. The summed E-state index contributed by atoms with van der Waals surface area (Å²) in [6, 6.07) is 2.91. The van der Waals surface area contributed by atoms with Crippen molar-refractivity contribution in [2.45, 2.75) is 113 Å². The molecule has 11 nitrogen and oxygen atoms in total. The Hall–Kier alpha value is -5.16. The molecule has 2 aliphatic rings. The number of rotatable bonds is 11. The first kappa shape index (κ1) is 41.6. The van der Waals surface area contributed by atoms with Crippen LogP contribution in [0, 0.1) is 0 Å². The van der Waals surface area contributed by atoms with E-state index in [4.69, 9.17) is 23.0 Å². The van der Waals surface area contributed by atoms with E-state index < -0.39 is 22.5 Å². The fraction of sp³-hybridized carbons (Fsp3) is 0.442. The Morgan fingerprint density at radius 3 is 1.63 bits per heavy atom. The maximum Gasteiger partial charge on any atom is 0.336 e. The van der Waals surface area contributed by atoms with E-state index in [9.17, 15) is 29.4 Å². The van der Waals surface area contributed by atoms with E-state index in [0.717, 1.165) is 24.0 Å². The molecule has 0 spiro atoms. The molecular weight excluding hydrogens is 692 g/mol. The standard InChI is InChI=1S/C22H26O6.C20H22O5.CH4/c1-5-7-13-12-16(25)27-21-17(13)20-14(8-9-22(3,4)28-20)19(26-11-10-23)18(21)15(24)6-2;1-5-7-11-10-14(22)24-19-15(11)18-12(8-9-20(3,4)25-18)17(23)16(19)13(21)6-2;/h8-9,12,23H,5-7,10-11H2,1-4H3;8-10,23H,5-7H2,1-4H3;1H4. The molecule has 2 aromatic carbocycles. The zero-order valence-electron chi connectivity index (χ0n) is 31.7. The van der Waals surface area contributed by atoms with Crippen molar-refractivity contribution < 1.29 is 42.8 Å². The highest BCUT2D eigenvalue weighted by Crippen LogP contribution is 2.48. The fourth-order valence-corrected chi connectivity index (χ4v) is 6.67. The van der Waals surface area contributed by atoms with E-state index in [2.05, 4.69) is 0 Å². The second-order valence-corrected chi connectivity index (χ2v) is 14.2. The number of aromatic hydroxyl groups is 1. The van der Waals surface area contributed by atoms with Crippen LogP contribution in [0.3, 0.4) is 0 Å². The second kappa shape index (κ2) is 16.5. The lowest BCUT2D eigenvalue weighted by atomic mass is 9.92. The lowest BCUT2D eigenvalue weighted by Gasteiger charge is -2.31. The molecule has 0 unspecified atom stereocenters. The Kier molecular flexibility index (Phi) is 12.7. The molecule has 290 valence electrons. The normalized spacial score (nSPS) is 14.5. The summed E-state index contributed by atoms with van der Waals surface area (Å²) in [5.74, 6) is 0.607. The maximum absolute atomic E-state index is 12.8. The van der Waals surface area contributed by atoms with Crippen LogP contribution in [0.5, 0.6) is 23.0 Å². The summed E-state index contributed by atoms with van der Waals surface area (Å²) in [4.78, 5) is 49.6. The van der Waals surface area contributed by atoms with Crippen molar-refractivity contribution in [3.63, 3.8) is 0 Å². The predicted octanol–water partition coefficient (Wildman–Crippen LogP) is 8.76. The molecule has 2 aromatic heterocycles. The van der Waals surface area contributed by atoms with Gasteiger partial charge in [-0.25, -0.2) is 9.59 Å². The van der Waals surface area contributed by atoms with E-state index in [1.54, 1.807) is 19.9 Å². The zero-order chi connectivity index (χ0) is 38.8. The molecule has 2 N–H and O–H groups in total. The largest absolute Gasteiger partial charge is 0.506 e. The molecule has 0 bridgehead atoms. The van der Waals surface area contributed by atoms with Crippen molar-refractivity contribution in [3.05, 3.63) is 78.5 Å². The summed E-state index contributed by atoms with van der Waals surface area (Å²) in [6.45, 7) is 14.9. The summed E-state index contributed by atoms with van der Waals surface area (Å²) in [6.07, 6.45) is 10.7. The minimum atomic E-state index is -0.567. The van der Waals surface area contributed by atoms with Crippen LogP contribution >= 0.6 is 0 Å². The van der Waals surface area contributed by atoms with Crippen LogP contribution in [0.25, 0.3) is 34.1 Å². The van der Waals surface area contributed by atoms with Gasteiger partial charge in [0.15, 0.2) is 22.7 Å². The second-order valence-electron chi connectivity index (χ2n) is 14.2. The molecule has 11 heteroatoms. The lowest BCUT2D eigenvalue weighted by molar-refractivity contribution is 0.0975. The topological polar surface area (TPSA) is 163 Å². The van der Waals surface area contributed by atoms with Crippen LogP contribution in [0.15, 0.2) is 42.7 Å². The third-order valence-electron chi connectivity index (χ3n) is 9.06. The van der Waals surface area contributed by atoms with Gasteiger partial charge in [-0.2, -0.15) is 0 Å². The molecule has 6 rings (SSSR count). The first-order chi connectivity index (χ1) is 25.1. The van der Waals surface area contributed by atoms with Gasteiger partial charge in [0, 0.05) is 25.0 Å². The van der Waals surface area contributed by atoms with Gasteiger partial charge in [-0.3, -0.25) is 9.59 Å². The SMILES string of the molecule is C.CCCc1cc(=O)oc2c(C(=O)CC)c(O)c3c(c12)OC(C)(C)C=C3.CCCc1cc(=O)oc2c(C(=O)CC)c(OCCO)c3c(c12)OC(C)(C)C=C3. The van der Waals surface area contributed by atoms with Crippen LogP contribution in [0.1, 0.15) is 131 Å².